The third kappa shape index (κ3) is 6.21. The number of fused-ring (bicyclic) bond motifs is 1. The number of aliphatic hydroxyl groups excluding tert-OH is 1. The average molecular weight is 518 g/mol. The van der Waals surface area contributed by atoms with E-state index in [9.17, 15) is 5.11 Å². The number of hydrogen-bond donors (Lipinski definition) is 3. The SMILES string of the molecule is C=CC(O)Nc1cc(Nc2cc(-c3ccc4c(cnn4C)c3)ncn2)c(OC)cc1OCCN(C)C(C)C. The van der Waals surface area contributed by atoms with Crippen molar-refractivity contribution < 1.29 is 14.6 Å². The smallest absolute Gasteiger partial charge is 0.146 e. The van der Waals surface area contributed by atoms with Crippen LogP contribution in [0.3, 0.4) is 0 Å². The fourth-order valence-electron chi connectivity index (χ4n) is 3.88. The van der Waals surface area contributed by atoms with E-state index in [0.717, 1.165) is 28.7 Å². The average Bonchev–Trinajstić information content (AvgIpc) is 3.29. The van der Waals surface area contributed by atoms with E-state index in [-0.39, 0.29) is 0 Å². The summed E-state index contributed by atoms with van der Waals surface area (Å²) in [6.45, 7) is 9.13. The molecule has 2 aromatic heterocycles. The number of aliphatic hydroxyl groups is 1. The first kappa shape index (κ1) is 26.9. The summed E-state index contributed by atoms with van der Waals surface area (Å²) in [4.78, 5) is 11.1. The molecule has 0 amide bonds. The quantitative estimate of drug-likeness (QED) is 0.186. The van der Waals surface area contributed by atoms with E-state index in [1.54, 1.807) is 13.2 Å². The third-order valence-corrected chi connectivity index (χ3v) is 6.38. The molecule has 0 bridgehead atoms. The van der Waals surface area contributed by atoms with Gasteiger partial charge in [-0.3, -0.25) is 4.68 Å². The molecular weight excluding hydrogens is 482 g/mol. The van der Waals surface area contributed by atoms with Crippen LogP contribution in [0.2, 0.25) is 0 Å². The Hall–Kier alpha value is -4.15. The topological polar surface area (TPSA) is 110 Å². The number of anilines is 3. The van der Waals surface area contributed by atoms with Crippen molar-refractivity contribution in [1.82, 2.24) is 24.6 Å². The lowest BCUT2D eigenvalue weighted by atomic mass is 10.1. The van der Waals surface area contributed by atoms with Gasteiger partial charge in [0, 0.05) is 42.7 Å². The maximum atomic E-state index is 10.2. The number of rotatable bonds is 12. The van der Waals surface area contributed by atoms with Gasteiger partial charge in [0.2, 0.25) is 0 Å². The summed E-state index contributed by atoms with van der Waals surface area (Å²) in [7, 11) is 5.56. The predicted molar refractivity (Wildman–Crippen MR) is 151 cm³/mol. The van der Waals surface area contributed by atoms with Gasteiger partial charge in [0.1, 0.15) is 36.5 Å². The van der Waals surface area contributed by atoms with Gasteiger partial charge in [-0.1, -0.05) is 12.6 Å². The van der Waals surface area contributed by atoms with Crippen LogP contribution in [0.25, 0.3) is 22.2 Å². The molecule has 0 aliphatic carbocycles. The zero-order valence-electron chi connectivity index (χ0n) is 22.5. The molecule has 200 valence electrons. The zero-order valence-corrected chi connectivity index (χ0v) is 22.5. The molecule has 0 fully saturated rings. The van der Waals surface area contributed by atoms with Gasteiger partial charge >= 0.3 is 0 Å². The molecule has 1 unspecified atom stereocenters. The second kappa shape index (κ2) is 11.9. The fourth-order valence-corrected chi connectivity index (χ4v) is 3.88. The Morgan fingerprint density at radius 2 is 1.95 bits per heavy atom. The van der Waals surface area contributed by atoms with Crippen LogP contribution in [0.1, 0.15) is 13.8 Å². The molecule has 4 aromatic rings. The molecule has 0 spiro atoms. The molecule has 4 rings (SSSR count). The molecule has 0 radical (unpaired) electrons. The van der Waals surface area contributed by atoms with Crippen molar-refractivity contribution in [2.24, 2.45) is 7.05 Å². The van der Waals surface area contributed by atoms with Crippen molar-refractivity contribution in [2.75, 3.05) is 37.9 Å². The van der Waals surface area contributed by atoms with E-state index >= 15 is 0 Å². The van der Waals surface area contributed by atoms with Gasteiger partial charge in [-0.25, -0.2) is 9.97 Å². The molecule has 10 nitrogen and oxygen atoms in total. The summed E-state index contributed by atoms with van der Waals surface area (Å²) in [5.74, 6) is 1.70. The first-order valence-electron chi connectivity index (χ1n) is 12.4. The number of aryl methyl sites for hydroxylation is 1. The molecule has 38 heavy (non-hydrogen) atoms. The summed E-state index contributed by atoms with van der Waals surface area (Å²) < 4.78 is 13.6. The number of hydrogen-bond acceptors (Lipinski definition) is 9. The highest BCUT2D eigenvalue weighted by Gasteiger charge is 2.16. The maximum absolute atomic E-state index is 10.2. The Labute approximate surface area is 222 Å². The van der Waals surface area contributed by atoms with Crippen molar-refractivity contribution in [3.63, 3.8) is 0 Å². The number of methoxy groups -OCH3 is 1. The van der Waals surface area contributed by atoms with Crippen LogP contribution in [0.15, 0.2) is 61.6 Å². The summed E-state index contributed by atoms with van der Waals surface area (Å²) in [5.41, 5.74) is 4.00. The van der Waals surface area contributed by atoms with Crippen LogP contribution in [0.5, 0.6) is 11.5 Å². The first-order chi connectivity index (χ1) is 18.3. The number of aromatic nitrogens is 4. The number of likely N-dealkylation sites (N-methyl/N-ethyl adjacent to an activating group) is 1. The summed E-state index contributed by atoms with van der Waals surface area (Å²) >= 11 is 0. The molecule has 10 heteroatoms. The van der Waals surface area contributed by atoms with Crippen LogP contribution >= 0.6 is 0 Å². The molecular formula is C28H35N7O3. The highest BCUT2D eigenvalue weighted by Crippen LogP contribution is 2.38. The van der Waals surface area contributed by atoms with E-state index in [0.29, 0.717) is 41.3 Å². The number of ether oxygens (including phenoxy) is 2. The van der Waals surface area contributed by atoms with E-state index in [4.69, 9.17) is 9.47 Å². The van der Waals surface area contributed by atoms with Crippen molar-refractivity contribution in [3.8, 4) is 22.8 Å². The molecule has 0 aliphatic rings. The maximum Gasteiger partial charge on any atom is 0.146 e. The lowest BCUT2D eigenvalue weighted by molar-refractivity contribution is 0.207. The fraction of sp³-hybridized carbons (Fsp3) is 0.321. The van der Waals surface area contributed by atoms with Crippen LogP contribution in [0.4, 0.5) is 17.2 Å². The lowest BCUT2D eigenvalue weighted by Gasteiger charge is -2.23. The Kier molecular flexibility index (Phi) is 8.45. The van der Waals surface area contributed by atoms with Crippen LogP contribution < -0.4 is 20.1 Å². The van der Waals surface area contributed by atoms with Crippen LogP contribution in [-0.4, -0.2) is 69.3 Å². The van der Waals surface area contributed by atoms with Crippen LogP contribution in [0, 0.1) is 0 Å². The lowest BCUT2D eigenvalue weighted by Crippen LogP contribution is -2.30. The molecule has 0 saturated carbocycles. The second-order valence-electron chi connectivity index (χ2n) is 9.25. The third-order valence-electron chi connectivity index (χ3n) is 6.38. The van der Waals surface area contributed by atoms with Gasteiger partial charge in [0.15, 0.2) is 0 Å². The molecule has 0 aliphatic heterocycles. The summed E-state index contributed by atoms with van der Waals surface area (Å²) in [5, 5.41) is 21.9. The van der Waals surface area contributed by atoms with Gasteiger partial charge in [-0.05, 0) is 45.2 Å². The zero-order chi connectivity index (χ0) is 27.2. The normalized spacial score (nSPS) is 12.1. The first-order valence-corrected chi connectivity index (χ1v) is 12.4. The predicted octanol–water partition coefficient (Wildman–Crippen LogP) is 4.42. The molecule has 2 aromatic carbocycles. The molecule has 0 saturated heterocycles. The minimum Gasteiger partial charge on any atom is -0.494 e. The van der Waals surface area contributed by atoms with Gasteiger partial charge < -0.3 is 30.1 Å². The Morgan fingerprint density at radius 3 is 2.68 bits per heavy atom. The largest absolute Gasteiger partial charge is 0.494 e. The highest BCUT2D eigenvalue weighted by molar-refractivity contribution is 5.84. The number of nitrogens with one attached hydrogen (secondary N) is 2. The van der Waals surface area contributed by atoms with Crippen LogP contribution in [-0.2, 0) is 7.05 Å². The Balaban J connectivity index is 1.61. The molecule has 2 heterocycles. The minimum absolute atomic E-state index is 0.406. The number of benzene rings is 2. The number of nitrogens with zero attached hydrogens (tertiary/aromatic N) is 5. The Bertz CT molecular complexity index is 1400. The molecule has 3 N–H and O–H groups in total. The van der Waals surface area contributed by atoms with Crippen molar-refractivity contribution >= 4 is 28.1 Å². The summed E-state index contributed by atoms with van der Waals surface area (Å²) in [6, 6.07) is 12.0. The van der Waals surface area contributed by atoms with Crippen molar-refractivity contribution in [2.45, 2.75) is 26.1 Å². The van der Waals surface area contributed by atoms with Gasteiger partial charge in [-0.2, -0.15) is 5.10 Å². The van der Waals surface area contributed by atoms with Crippen molar-refractivity contribution in [1.29, 1.82) is 0 Å². The van der Waals surface area contributed by atoms with E-state index in [1.165, 1.54) is 12.4 Å². The monoisotopic (exact) mass is 517 g/mol. The highest BCUT2D eigenvalue weighted by atomic mass is 16.5. The van der Waals surface area contributed by atoms with E-state index in [2.05, 4.69) is 57.1 Å². The van der Waals surface area contributed by atoms with Gasteiger partial charge in [0.25, 0.3) is 0 Å². The van der Waals surface area contributed by atoms with Gasteiger partial charge in [0.05, 0.1) is 35.9 Å². The van der Waals surface area contributed by atoms with E-state index < -0.39 is 6.23 Å². The van der Waals surface area contributed by atoms with E-state index in [1.807, 2.05) is 49.2 Å². The minimum atomic E-state index is -0.954. The van der Waals surface area contributed by atoms with Crippen molar-refractivity contribution in [3.05, 3.63) is 61.6 Å². The Morgan fingerprint density at radius 1 is 1.13 bits per heavy atom. The standard InChI is InChI=1S/C28H35N7O3/c1-7-28(36)33-23-13-22(25(37-6)15-26(23)38-11-10-34(4)18(2)3)32-27-14-21(29-17-30-27)19-8-9-24-20(12-19)16-31-35(24)5/h7-9,12-18,28,33,36H,1,10-11H2,2-6H3,(H,29,30,32). The second-order valence-corrected chi connectivity index (χ2v) is 9.25. The molecule has 1 atom stereocenters. The van der Waals surface area contributed by atoms with Gasteiger partial charge in [-0.15, -0.1) is 0 Å². The summed E-state index contributed by atoms with van der Waals surface area (Å²) in [6.07, 6.45) is 3.80.